The van der Waals surface area contributed by atoms with E-state index in [1.165, 1.54) is 19.2 Å². The molecule has 2 aromatic rings. The first-order valence-electron chi connectivity index (χ1n) is 12.1. The van der Waals surface area contributed by atoms with Crippen LogP contribution in [-0.2, 0) is 20.2 Å². The fourth-order valence-corrected chi connectivity index (χ4v) is 6.06. The lowest BCUT2D eigenvalue weighted by Gasteiger charge is -2.37. The molecule has 2 aromatic carbocycles. The minimum atomic E-state index is -3.84. The maximum absolute atomic E-state index is 13.3. The predicted molar refractivity (Wildman–Crippen MR) is 131 cm³/mol. The van der Waals surface area contributed by atoms with Crippen molar-refractivity contribution in [3.8, 4) is 5.75 Å². The van der Waals surface area contributed by atoms with Gasteiger partial charge in [-0.2, -0.15) is 0 Å². The summed E-state index contributed by atoms with van der Waals surface area (Å²) in [6, 6.07) is 14.5. The Bertz CT molecular complexity index is 1070. The average Bonchev–Trinajstić information content (AvgIpc) is 3.17. The summed E-state index contributed by atoms with van der Waals surface area (Å²) in [5.74, 6) is 0.208. The number of ether oxygens (including phenoxy) is 2. The van der Waals surface area contributed by atoms with Crippen LogP contribution in [0.1, 0.15) is 54.4 Å². The molecule has 0 saturated carbocycles. The van der Waals surface area contributed by atoms with Crippen molar-refractivity contribution in [3.63, 3.8) is 0 Å². The number of rotatable bonds is 7. The van der Waals surface area contributed by atoms with Gasteiger partial charge in [0.05, 0.1) is 17.6 Å². The molecule has 0 bridgehead atoms. The zero-order valence-electron chi connectivity index (χ0n) is 19.8. The molecule has 2 saturated heterocycles. The second kappa shape index (κ2) is 10.9. The monoisotopic (exact) mass is 486 g/mol. The second-order valence-electron chi connectivity index (χ2n) is 9.15. The molecule has 0 aromatic heterocycles. The van der Waals surface area contributed by atoms with Crippen LogP contribution in [0.3, 0.4) is 0 Å². The number of amides is 1. The smallest absolute Gasteiger partial charge is 0.257 e. The Morgan fingerprint density at radius 3 is 2.35 bits per heavy atom. The summed E-state index contributed by atoms with van der Waals surface area (Å²) in [6.07, 6.45) is 5.60. The van der Waals surface area contributed by atoms with Gasteiger partial charge in [0, 0.05) is 38.3 Å². The van der Waals surface area contributed by atoms with Gasteiger partial charge < -0.3 is 14.4 Å². The van der Waals surface area contributed by atoms with E-state index in [0.717, 1.165) is 44.1 Å². The number of likely N-dealkylation sites (tertiary alicyclic amines) is 1. The van der Waals surface area contributed by atoms with Gasteiger partial charge in [0.15, 0.2) is 0 Å². The summed E-state index contributed by atoms with van der Waals surface area (Å²) in [6.45, 7) is 2.81. The number of nitrogens with one attached hydrogen (secondary N) is 1. The van der Waals surface area contributed by atoms with E-state index in [1.807, 2.05) is 30.3 Å². The van der Waals surface area contributed by atoms with Crippen molar-refractivity contribution in [1.82, 2.24) is 9.62 Å². The molecule has 8 heteroatoms. The van der Waals surface area contributed by atoms with Crippen molar-refractivity contribution < 1.29 is 22.7 Å². The van der Waals surface area contributed by atoms with Crippen molar-refractivity contribution >= 4 is 15.9 Å². The lowest BCUT2D eigenvalue weighted by molar-refractivity contribution is 0.0517. The third-order valence-corrected chi connectivity index (χ3v) is 8.44. The molecule has 0 radical (unpaired) electrons. The highest BCUT2D eigenvalue weighted by atomic mass is 32.2. The van der Waals surface area contributed by atoms with Crippen LogP contribution < -0.4 is 9.46 Å². The molecule has 7 nitrogen and oxygen atoms in total. The number of hydrogen-bond acceptors (Lipinski definition) is 5. The summed E-state index contributed by atoms with van der Waals surface area (Å²) >= 11 is 0. The Kier molecular flexibility index (Phi) is 7.91. The van der Waals surface area contributed by atoms with Gasteiger partial charge in [-0.1, -0.05) is 43.2 Å². The number of carbonyl (C=O) groups is 1. The molecule has 184 valence electrons. The molecule has 2 heterocycles. The maximum Gasteiger partial charge on any atom is 0.257 e. The van der Waals surface area contributed by atoms with Crippen LogP contribution in [0.2, 0.25) is 0 Å². The molecule has 0 aliphatic carbocycles. The predicted octanol–water partition coefficient (Wildman–Crippen LogP) is 3.74. The highest BCUT2D eigenvalue weighted by Gasteiger charge is 2.36. The minimum Gasteiger partial charge on any atom is -0.496 e. The molecule has 0 spiro atoms. The van der Waals surface area contributed by atoms with Crippen molar-refractivity contribution in [2.75, 3.05) is 40.0 Å². The minimum absolute atomic E-state index is 0.0711. The molecule has 2 fully saturated rings. The molecular weight excluding hydrogens is 452 g/mol. The lowest BCUT2D eigenvalue weighted by atomic mass is 9.74. The number of benzene rings is 2. The Labute approximate surface area is 202 Å². The average molecular weight is 487 g/mol. The maximum atomic E-state index is 13.3. The molecule has 34 heavy (non-hydrogen) atoms. The molecular formula is C26H34N2O5S. The third-order valence-electron chi connectivity index (χ3n) is 7.04. The fraction of sp³-hybridized carbons (Fsp3) is 0.500. The first-order chi connectivity index (χ1) is 16.5. The van der Waals surface area contributed by atoms with Crippen LogP contribution in [0.25, 0.3) is 0 Å². The molecule has 0 unspecified atom stereocenters. The fourth-order valence-electron chi connectivity index (χ4n) is 4.90. The third kappa shape index (κ3) is 5.45. The highest BCUT2D eigenvalue weighted by molar-refractivity contribution is 7.89. The molecule has 1 N–H and O–H groups in total. The quantitative estimate of drug-likeness (QED) is 0.645. The van der Waals surface area contributed by atoms with Gasteiger partial charge in [0.2, 0.25) is 10.0 Å². The summed E-state index contributed by atoms with van der Waals surface area (Å²) in [7, 11) is -2.35. The van der Waals surface area contributed by atoms with Gasteiger partial charge in [0.25, 0.3) is 5.91 Å². The van der Waals surface area contributed by atoms with Crippen molar-refractivity contribution in [2.45, 2.75) is 48.8 Å². The zero-order chi connectivity index (χ0) is 24.0. The second-order valence-corrected chi connectivity index (χ2v) is 10.9. The van der Waals surface area contributed by atoms with Crippen LogP contribution in [0, 0.1) is 0 Å². The van der Waals surface area contributed by atoms with E-state index in [1.54, 1.807) is 11.0 Å². The van der Waals surface area contributed by atoms with Crippen LogP contribution in [-0.4, -0.2) is 59.2 Å². The summed E-state index contributed by atoms with van der Waals surface area (Å²) < 4.78 is 40.5. The molecule has 2 aliphatic heterocycles. The van der Waals surface area contributed by atoms with Crippen LogP contribution in [0.15, 0.2) is 53.4 Å². The molecule has 1 amide bonds. The number of hydrogen-bond donors (Lipinski definition) is 1. The van der Waals surface area contributed by atoms with Gasteiger partial charge >= 0.3 is 0 Å². The molecule has 4 rings (SSSR count). The van der Waals surface area contributed by atoms with Gasteiger partial charge in [-0.15, -0.1) is 0 Å². The van der Waals surface area contributed by atoms with E-state index in [4.69, 9.17) is 9.47 Å². The van der Waals surface area contributed by atoms with Gasteiger partial charge in [-0.05, 0) is 49.4 Å². The van der Waals surface area contributed by atoms with Crippen molar-refractivity contribution in [1.29, 1.82) is 0 Å². The Hall–Kier alpha value is -2.42. The summed E-state index contributed by atoms with van der Waals surface area (Å²) in [5, 5.41) is 0. The van der Waals surface area contributed by atoms with Crippen LogP contribution >= 0.6 is 0 Å². The Morgan fingerprint density at radius 2 is 1.71 bits per heavy atom. The number of nitrogens with zero attached hydrogens (tertiary/aromatic N) is 1. The van der Waals surface area contributed by atoms with Gasteiger partial charge in [0.1, 0.15) is 5.75 Å². The summed E-state index contributed by atoms with van der Waals surface area (Å²) in [4.78, 5) is 15.1. The van der Waals surface area contributed by atoms with Gasteiger partial charge in [-0.25, -0.2) is 13.1 Å². The topological polar surface area (TPSA) is 84.9 Å². The van der Waals surface area contributed by atoms with E-state index < -0.39 is 10.0 Å². The number of carbonyl (C=O) groups excluding carboxylic acids is 1. The van der Waals surface area contributed by atoms with Crippen LogP contribution in [0.4, 0.5) is 0 Å². The first kappa shape index (κ1) is 24.7. The van der Waals surface area contributed by atoms with E-state index in [9.17, 15) is 13.2 Å². The Balaban J connectivity index is 1.58. The van der Waals surface area contributed by atoms with Crippen LogP contribution in [0.5, 0.6) is 5.75 Å². The Morgan fingerprint density at radius 1 is 1.03 bits per heavy atom. The zero-order valence-corrected chi connectivity index (χ0v) is 20.6. The number of methoxy groups -OCH3 is 1. The van der Waals surface area contributed by atoms with Crippen molar-refractivity contribution in [3.05, 3.63) is 59.7 Å². The molecule has 0 atom stereocenters. The van der Waals surface area contributed by atoms with Gasteiger partial charge in [-0.3, -0.25) is 4.79 Å². The summed E-state index contributed by atoms with van der Waals surface area (Å²) in [5.41, 5.74) is 1.06. The SMILES string of the molecule is COc1ccc(S(=O)(=O)NCC2(c3ccccc3)CCOCC2)cc1C(=O)N1CCCCCC1. The highest BCUT2D eigenvalue weighted by Crippen LogP contribution is 2.35. The van der Waals surface area contributed by atoms with E-state index >= 15 is 0 Å². The van der Waals surface area contributed by atoms with E-state index in [0.29, 0.717) is 32.1 Å². The standard InChI is InChI=1S/C26H34N2O5S/c1-32-24-12-11-22(19-23(24)25(29)28-15-7-2-3-8-16-28)34(30,31)27-20-26(13-17-33-18-14-26)21-9-5-4-6-10-21/h4-6,9-12,19,27H,2-3,7-8,13-18,20H2,1H3. The normalized spacial score (nSPS) is 18.8. The largest absolute Gasteiger partial charge is 0.496 e. The van der Waals surface area contributed by atoms with E-state index in [-0.39, 0.29) is 28.3 Å². The van der Waals surface area contributed by atoms with E-state index in [2.05, 4.69) is 4.72 Å². The van der Waals surface area contributed by atoms with Crippen molar-refractivity contribution in [2.24, 2.45) is 0 Å². The lowest BCUT2D eigenvalue weighted by Crippen LogP contribution is -2.44. The molecule has 2 aliphatic rings. The first-order valence-corrected chi connectivity index (χ1v) is 13.5. The number of sulfonamides is 1.